The number of aryl methyl sites for hydroxylation is 1. The van der Waals surface area contributed by atoms with Crippen LogP contribution < -0.4 is 10.2 Å². The first-order valence-corrected chi connectivity index (χ1v) is 8.16. The molecule has 0 spiro atoms. The van der Waals surface area contributed by atoms with Gasteiger partial charge in [0.25, 0.3) is 0 Å². The Bertz CT molecular complexity index is 715. The number of nitrogens with zero attached hydrogens (tertiary/aromatic N) is 6. The molecule has 0 amide bonds. The molecule has 22 heavy (non-hydrogen) atoms. The predicted molar refractivity (Wildman–Crippen MR) is 81.8 cm³/mol. The van der Waals surface area contributed by atoms with E-state index in [1.54, 1.807) is 0 Å². The molecule has 5 rings (SSSR count). The molecule has 4 heterocycles. The molecule has 2 aromatic rings. The summed E-state index contributed by atoms with van der Waals surface area (Å²) in [5.41, 5.74) is 4.40. The molecule has 2 saturated heterocycles. The molecule has 1 N–H and O–H groups in total. The Morgan fingerprint density at radius 1 is 1.09 bits per heavy atom. The lowest BCUT2D eigenvalue weighted by atomic mass is 10.1. The van der Waals surface area contributed by atoms with E-state index in [-0.39, 0.29) is 0 Å². The van der Waals surface area contributed by atoms with Crippen molar-refractivity contribution in [2.75, 3.05) is 31.1 Å². The fraction of sp³-hybridized carbons (Fsp3) is 0.600. The van der Waals surface area contributed by atoms with E-state index in [2.05, 4.69) is 20.5 Å². The second-order valence-corrected chi connectivity index (χ2v) is 6.39. The first-order valence-electron chi connectivity index (χ1n) is 8.16. The minimum absolute atomic E-state index is 0.436. The summed E-state index contributed by atoms with van der Waals surface area (Å²) in [7, 11) is 0. The van der Waals surface area contributed by atoms with Gasteiger partial charge in [0.2, 0.25) is 5.95 Å². The maximum atomic E-state index is 4.84. The van der Waals surface area contributed by atoms with E-state index in [0.29, 0.717) is 6.04 Å². The first kappa shape index (κ1) is 12.5. The van der Waals surface area contributed by atoms with Gasteiger partial charge in [0.1, 0.15) is 11.4 Å². The summed E-state index contributed by atoms with van der Waals surface area (Å²) in [4.78, 5) is 11.9. The number of nitrogens with one attached hydrogen (secondary N) is 1. The maximum Gasteiger partial charge on any atom is 0.226 e. The van der Waals surface area contributed by atoms with Crippen molar-refractivity contribution < 1.29 is 0 Å². The van der Waals surface area contributed by atoms with Crippen LogP contribution in [0.1, 0.15) is 30.1 Å². The van der Waals surface area contributed by atoms with Crippen molar-refractivity contribution in [1.82, 2.24) is 30.3 Å². The fourth-order valence-corrected chi connectivity index (χ4v) is 3.31. The third-order valence-electron chi connectivity index (χ3n) is 4.95. The van der Waals surface area contributed by atoms with Gasteiger partial charge in [-0.3, -0.25) is 0 Å². The summed E-state index contributed by atoms with van der Waals surface area (Å²) in [5.74, 6) is 0.877. The van der Waals surface area contributed by atoms with Crippen LogP contribution in [0.2, 0.25) is 0 Å². The molecule has 7 nitrogen and oxygen atoms in total. The summed E-state index contributed by atoms with van der Waals surface area (Å²) >= 11 is 0. The lowest BCUT2D eigenvalue weighted by molar-refractivity contribution is 0.313. The van der Waals surface area contributed by atoms with Gasteiger partial charge in [0.05, 0.1) is 12.2 Å². The number of rotatable bonds is 3. The zero-order chi connectivity index (χ0) is 14.5. The van der Waals surface area contributed by atoms with Crippen LogP contribution in [0, 0.1) is 0 Å². The summed E-state index contributed by atoms with van der Waals surface area (Å²) in [6.45, 7) is 4.09. The highest BCUT2D eigenvalue weighted by atomic mass is 15.5. The van der Waals surface area contributed by atoms with Crippen molar-refractivity contribution in [2.24, 2.45) is 0 Å². The average Bonchev–Trinajstić information content (AvgIpc) is 3.02. The number of hydrogen-bond donors (Lipinski definition) is 1. The topological polar surface area (TPSA) is 71.8 Å². The van der Waals surface area contributed by atoms with Crippen molar-refractivity contribution in [1.29, 1.82) is 0 Å². The van der Waals surface area contributed by atoms with Crippen LogP contribution in [0.5, 0.6) is 0 Å². The SMILES string of the molecule is c1c(-c2nc(N3CCC3)nc3c2CCC3)nnn1C1CNC1. The van der Waals surface area contributed by atoms with E-state index >= 15 is 0 Å². The van der Waals surface area contributed by atoms with Crippen LogP contribution in [-0.2, 0) is 12.8 Å². The van der Waals surface area contributed by atoms with Crippen LogP contribution in [0.3, 0.4) is 0 Å². The molecule has 2 fully saturated rings. The van der Waals surface area contributed by atoms with E-state index in [0.717, 1.165) is 56.4 Å². The molecule has 1 aliphatic carbocycles. The van der Waals surface area contributed by atoms with E-state index in [1.807, 2.05) is 10.9 Å². The van der Waals surface area contributed by atoms with Crippen LogP contribution in [0.25, 0.3) is 11.4 Å². The molecule has 0 radical (unpaired) electrons. The Hall–Kier alpha value is -2.02. The summed E-state index contributed by atoms with van der Waals surface area (Å²) in [6, 6.07) is 0.436. The average molecular weight is 297 g/mol. The van der Waals surface area contributed by atoms with Gasteiger partial charge in [-0.2, -0.15) is 0 Å². The van der Waals surface area contributed by atoms with Crippen molar-refractivity contribution in [3.63, 3.8) is 0 Å². The molecule has 3 aliphatic rings. The van der Waals surface area contributed by atoms with Crippen molar-refractivity contribution in [3.05, 3.63) is 17.5 Å². The molecule has 0 aromatic carbocycles. The second-order valence-electron chi connectivity index (χ2n) is 6.39. The van der Waals surface area contributed by atoms with Crippen molar-refractivity contribution in [2.45, 2.75) is 31.7 Å². The van der Waals surface area contributed by atoms with Gasteiger partial charge in [-0.25, -0.2) is 14.6 Å². The number of hydrogen-bond acceptors (Lipinski definition) is 6. The smallest absolute Gasteiger partial charge is 0.226 e. The van der Waals surface area contributed by atoms with E-state index in [4.69, 9.17) is 9.97 Å². The number of aromatic nitrogens is 5. The molecule has 0 saturated carbocycles. The molecule has 0 bridgehead atoms. The number of fused-ring (bicyclic) bond motifs is 1. The highest BCUT2D eigenvalue weighted by Gasteiger charge is 2.27. The van der Waals surface area contributed by atoms with Crippen LogP contribution in [0.15, 0.2) is 6.20 Å². The van der Waals surface area contributed by atoms with Gasteiger partial charge >= 0.3 is 0 Å². The lowest BCUT2D eigenvalue weighted by Gasteiger charge is -2.31. The Labute approximate surface area is 128 Å². The van der Waals surface area contributed by atoms with E-state index in [9.17, 15) is 0 Å². The lowest BCUT2D eigenvalue weighted by Crippen LogP contribution is -2.43. The van der Waals surface area contributed by atoms with E-state index < -0.39 is 0 Å². The normalized spacial score (nSPS) is 20.6. The molecular formula is C15H19N7. The highest BCUT2D eigenvalue weighted by Crippen LogP contribution is 2.32. The summed E-state index contributed by atoms with van der Waals surface area (Å²) in [5, 5.41) is 12.0. The Morgan fingerprint density at radius 3 is 2.73 bits per heavy atom. The molecule has 2 aliphatic heterocycles. The minimum atomic E-state index is 0.436. The van der Waals surface area contributed by atoms with Crippen LogP contribution in [0.4, 0.5) is 5.95 Å². The standard InChI is InChI=1S/C15H19N7/c1-3-11-12(4-1)17-15(21-5-2-6-21)18-14(11)13-9-22(20-19-13)10-7-16-8-10/h9-10,16H,1-8H2. The maximum absolute atomic E-state index is 4.84. The van der Waals surface area contributed by atoms with Crippen LogP contribution >= 0.6 is 0 Å². The molecule has 2 aromatic heterocycles. The van der Waals surface area contributed by atoms with Gasteiger partial charge in [-0.15, -0.1) is 5.10 Å². The molecule has 114 valence electrons. The van der Waals surface area contributed by atoms with Gasteiger partial charge in [-0.1, -0.05) is 5.21 Å². The highest BCUT2D eigenvalue weighted by molar-refractivity contribution is 5.62. The Kier molecular flexibility index (Phi) is 2.70. The fourth-order valence-electron chi connectivity index (χ4n) is 3.31. The number of anilines is 1. The zero-order valence-corrected chi connectivity index (χ0v) is 12.5. The van der Waals surface area contributed by atoms with Crippen molar-refractivity contribution >= 4 is 5.95 Å². The second kappa shape index (κ2) is 4.74. The molecular weight excluding hydrogens is 278 g/mol. The first-order chi connectivity index (χ1) is 10.9. The Balaban J connectivity index is 1.57. The largest absolute Gasteiger partial charge is 0.341 e. The van der Waals surface area contributed by atoms with Gasteiger partial charge in [0.15, 0.2) is 0 Å². The van der Waals surface area contributed by atoms with Gasteiger partial charge in [0, 0.05) is 37.4 Å². The van der Waals surface area contributed by atoms with Gasteiger partial charge in [-0.05, 0) is 25.7 Å². The Morgan fingerprint density at radius 2 is 2.00 bits per heavy atom. The predicted octanol–water partition coefficient (Wildman–Crippen LogP) is 0.578. The van der Waals surface area contributed by atoms with Crippen LogP contribution in [-0.4, -0.2) is 51.1 Å². The molecule has 0 unspecified atom stereocenters. The summed E-state index contributed by atoms with van der Waals surface area (Å²) < 4.78 is 1.97. The molecule has 0 atom stereocenters. The molecule has 7 heteroatoms. The summed E-state index contributed by atoms with van der Waals surface area (Å²) in [6.07, 6.45) is 6.57. The quantitative estimate of drug-likeness (QED) is 0.893. The van der Waals surface area contributed by atoms with Gasteiger partial charge < -0.3 is 10.2 Å². The minimum Gasteiger partial charge on any atom is -0.341 e. The third-order valence-corrected chi connectivity index (χ3v) is 4.95. The van der Waals surface area contributed by atoms with Crippen molar-refractivity contribution in [3.8, 4) is 11.4 Å². The monoisotopic (exact) mass is 297 g/mol. The zero-order valence-electron chi connectivity index (χ0n) is 12.5. The third kappa shape index (κ3) is 1.85. The van der Waals surface area contributed by atoms with E-state index in [1.165, 1.54) is 24.1 Å².